The van der Waals surface area contributed by atoms with Gasteiger partial charge in [-0.15, -0.1) is 0 Å². The quantitative estimate of drug-likeness (QED) is 0.894. The van der Waals surface area contributed by atoms with Gasteiger partial charge in [0.2, 0.25) is 5.91 Å². The Labute approximate surface area is 122 Å². The van der Waals surface area contributed by atoms with Crippen molar-refractivity contribution in [2.24, 2.45) is 5.92 Å². The fraction of sp³-hybridized carbons (Fsp3) is 0.588. The van der Waals surface area contributed by atoms with E-state index in [1.165, 1.54) is 23.1 Å². The van der Waals surface area contributed by atoms with Gasteiger partial charge >= 0.3 is 0 Å². The smallest absolute Gasteiger partial charge is 0.238 e. The summed E-state index contributed by atoms with van der Waals surface area (Å²) >= 11 is 0. The van der Waals surface area contributed by atoms with Crippen LogP contribution in [0, 0.1) is 19.8 Å². The summed E-state index contributed by atoms with van der Waals surface area (Å²) in [6.07, 6.45) is 2.30. The molecule has 1 fully saturated rings. The second-order valence-corrected chi connectivity index (χ2v) is 6.27. The molecule has 1 saturated heterocycles. The molecule has 2 rings (SSSR count). The number of nitrogens with zero attached hydrogens (tertiary/aromatic N) is 1. The molecule has 0 aliphatic carbocycles. The first kappa shape index (κ1) is 15.0. The van der Waals surface area contributed by atoms with E-state index in [0.717, 1.165) is 13.0 Å². The van der Waals surface area contributed by atoms with Crippen molar-refractivity contribution in [3.63, 3.8) is 0 Å². The Bertz CT molecular complexity index is 482. The highest BCUT2D eigenvalue weighted by Gasteiger charge is 2.31. The summed E-state index contributed by atoms with van der Waals surface area (Å²) in [5, 5.41) is 3.36. The highest BCUT2D eigenvalue weighted by Crippen LogP contribution is 2.26. The van der Waals surface area contributed by atoms with Gasteiger partial charge in [0.15, 0.2) is 0 Å². The Balaban J connectivity index is 2.13. The Morgan fingerprint density at radius 3 is 2.80 bits per heavy atom. The molecule has 1 atom stereocenters. The molecular formula is C17H26N2O. The molecule has 0 bridgehead atoms. The molecule has 1 aromatic carbocycles. The number of nitrogens with one attached hydrogen (secondary N) is 1. The summed E-state index contributed by atoms with van der Waals surface area (Å²) in [6.45, 7) is 9.98. The summed E-state index contributed by atoms with van der Waals surface area (Å²) in [5.74, 6) is 0.916. The minimum Gasteiger partial charge on any atom is -0.322 e. The van der Waals surface area contributed by atoms with Crippen LogP contribution in [0.15, 0.2) is 18.2 Å². The van der Waals surface area contributed by atoms with Crippen LogP contribution in [-0.4, -0.2) is 23.9 Å². The van der Waals surface area contributed by atoms with E-state index < -0.39 is 0 Å². The van der Waals surface area contributed by atoms with E-state index in [2.05, 4.69) is 51.2 Å². The van der Waals surface area contributed by atoms with E-state index in [-0.39, 0.29) is 12.1 Å². The molecule has 1 heterocycles. The maximum Gasteiger partial charge on any atom is 0.238 e. The molecule has 0 spiro atoms. The molecule has 0 saturated carbocycles. The number of aryl methyl sites for hydroxylation is 2. The fourth-order valence-corrected chi connectivity index (χ4v) is 2.80. The van der Waals surface area contributed by atoms with E-state index in [9.17, 15) is 4.79 Å². The number of carbonyl (C=O) groups excluding carboxylic acids is 1. The first-order valence-electron chi connectivity index (χ1n) is 7.59. The number of benzene rings is 1. The first-order chi connectivity index (χ1) is 9.49. The van der Waals surface area contributed by atoms with Crippen LogP contribution < -0.4 is 5.32 Å². The van der Waals surface area contributed by atoms with Crippen molar-refractivity contribution in [1.29, 1.82) is 0 Å². The molecule has 1 aromatic rings. The van der Waals surface area contributed by atoms with Crippen LogP contribution in [0.2, 0.25) is 0 Å². The van der Waals surface area contributed by atoms with Crippen molar-refractivity contribution in [1.82, 2.24) is 10.2 Å². The second kappa shape index (κ2) is 6.40. The Kier molecular flexibility index (Phi) is 4.81. The lowest BCUT2D eigenvalue weighted by molar-refractivity contribution is -0.128. The molecule has 20 heavy (non-hydrogen) atoms. The molecule has 1 N–H and O–H groups in total. The van der Waals surface area contributed by atoms with E-state index in [4.69, 9.17) is 0 Å². The Morgan fingerprint density at radius 1 is 1.35 bits per heavy atom. The van der Waals surface area contributed by atoms with Gasteiger partial charge in [0, 0.05) is 6.54 Å². The highest BCUT2D eigenvalue weighted by atomic mass is 16.2. The largest absolute Gasteiger partial charge is 0.322 e. The predicted octanol–water partition coefficient (Wildman–Crippen LogP) is 3.17. The van der Waals surface area contributed by atoms with Gasteiger partial charge in [-0.3, -0.25) is 10.1 Å². The summed E-state index contributed by atoms with van der Waals surface area (Å²) in [7, 11) is 0. The van der Waals surface area contributed by atoms with Crippen molar-refractivity contribution >= 4 is 5.91 Å². The monoisotopic (exact) mass is 274 g/mol. The average Bonchev–Trinajstić information content (AvgIpc) is 2.74. The lowest BCUT2D eigenvalue weighted by atomic mass is 10.0. The van der Waals surface area contributed by atoms with E-state index in [0.29, 0.717) is 12.5 Å². The van der Waals surface area contributed by atoms with E-state index >= 15 is 0 Å². The van der Waals surface area contributed by atoms with E-state index in [1.54, 1.807) is 0 Å². The number of rotatable bonds is 5. The molecule has 3 nitrogen and oxygen atoms in total. The van der Waals surface area contributed by atoms with Gasteiger partial charge in [-0.05, 0) is 43.7 Å². The first-order valence-corrected chi connectivity index (χ1v) is 7.59. The zero-order valence-electron chi connectivity index (χ0n) is 13.1. The topological polar surface area (TPSA) is 32.3 Å². The summed E-state index contributed by atoms with van der Waals surface area (Å²) in [4.78, 5) is 14.1. The van der Waals surface area contributed by atoms with Crippen LogP contribution in [-0.2, 0) is 4.79 Å². The van der Waals surface area contributed by atoms with E-state index in [1.807, 2.05) is 4.90 Å². The zero-order chi connectivity index (χ0) is 14.7. The molecule has 1 amide bonds. The van der Waals surface area contributed by atoms with Crippen molar-refractivity contribution in [2.75, 3.05) is 13.1 Å². The minimum absolute atomic E-state index is 0.0505. The standard InChI is InChI=1S/C17H26N2O/c1-12(2)6-5-9-19-16(20)11-18-17(19)15-10-13(3)7-8-14(15)4/h7-8,10,12,17-18H,5-6,9,11H2,1-4H3. The molecular weight excluding hydrogens is 248 g/mol. The number of hydrogen-bond donors (Lipinski definition) is 1. The summed E-state index contributed by atoms with van der Waals surface area (Å²) < 4.78 is 0. The van der Waals surface area contributed by atoms with Crippen LogP contribution in [0.4, 0.5) is 0 Å². The predicted molar refractivity (Wildman–Crippen MR) is 82.4 cm³/mol. The van der Waals surface area contributed by atoms with Crippen LogP contribution in [0.1, 0.15) is 49.5 Å². The zero-order valence-corrected chi connectivity index (χ0v) is 13.1. The van der Waals surface area contributed by atoms with Crippen LogP contribution in [0.5, 0.6) is 0 Å². The maximum absolute atomic E-state index is 12.1. The van der Waals surface area contributed by atoms with Crippen molar-refractivity contribution < 1.29 is 4.79 Å². The molecule has 0 aromatic heterocycles. The molecule has 1 unspecified atom stereocenters. The third-order valence-corrected chi connectivity index (χ3v) is 3.99. The lowest BCUT2D eigenvalue weighted by Crippen LogP contribution is -2.31. The maximum atomic E-state index is 12.1. The Hall–Kier alpha value is -1.35. The van der Waals surface area contributed by atoms with Crippen molar-refractivity contribution in [3.8, 4) is 0 Å². The number of carbonyl (C=O) groups is 1. The third kappa shape index (κ3) is 3.40. The average molecular weight is 274 g/mol. The van der Waals surface area contributed by atoms with Gasteiger partial charge in [0.05, 0.1) is 6.54 Å². The van der Waals surface area contributed by atoms with Crippen LogP contribution >= 0.6 is 0 Å². The van der Waals surface area contributed by atoms with Gasteiger partial charge in [-0.25, -0.2) is 0 Å². The van der Waals surface area contributed by atoms with Gasteiger partial charge in [0.25, 0.3) is 0 Å². The Morgan fingerprint density at radius 2 is 2.10 bits per heavy atom. The third-order valence-electron chi connectivity index (χ3n) is 3.99. The normalized spacial score (nSPS) is 19.1. The summed E-state index contributed by atoms with van der Waals surface area (Å²) in [6, 6.07) is 6.46. The van der Waals surface area contributed by atoms with Gasteiger partial charge in [0.1, 0.15) is 6.17 Å². The highest BCUT2D eigenvalue weighted by molar-refractivity contribution is 5.81. The SMILES string of the molecule is Cc1ccc(C)c(C2NCC(=O)N2CCCC(C)C)c1. The molecule has 1 aliphatic heterocycles. The fourth-order valence-electron chi connectivity index (χ4n) is 2.80. The van der Waals surface area contributed by atoms with Crippen LogP contribution in [0.3, 0.4) is 0 Å². The minimum atomic E-state index is 0.0505. The number of amides is 1. The second-order valence-electron chi connectivity index (χ2n) is 6.27. The van der Waals surface area contributed by atoms with Gasteiger partial charge in [-0.1, -0.05) is 37.6 Å². The molecule has 3 heteroatoms. The molecule has 1 aliphatic rings. The van der Waals surface area contributed by atoms with Gasteiger partial charge < -0.3 is 4.90 Å². The van der Waals surface area contributed by atoms with Crippen molar-refractivity contribution in [2.45, 2.75) is 46.7 Å². The molecule has 0 radical (unpaired) electrons. The lowest BCUT2D eigenvalue weighted by Gasteiger charge is -2.26. The van der Waals surface area contributed by atoms with Gasteiger partial charge in [-0.2, -0.15) is 0 Å². The molecule has 110 valence electrons. The number of hydrogen-bond acceptors (Lipinski definition) is 2. The van der Waals surface area contributed by atoms with Crippen molar-refractivity contribution in [3.05, 3.63) is 34.9 Å². The van der Waals surface area contributed by atoms with Crippen LogP contribution in [0.25, 0.3) is 0 Å². The summed E-state index contributed by atoms with van der Waals surface area (Å²) in [5.41, 5.74) is 3.73.